The number of nitrogens with one attached hydrogen (secondary N) is 1. The van der Waals surface area contributed by atoms with Gasteiger partial charge in [0, 0.05) is 12.6 Å². The maximum atomic E-state index is 12.3. The molecule has 5 heteroatoms. The summed E-state index contributed by atoms with van der Waals surface area (Å²) in [6.07, 6.45) is 3.37. The van der Waals surface area contributed by atoms with Gasteiger partial charge in [0.15, 0.2) is 0 Å². The minimum absolute atomic E-state index is 0.0560. The summed E-state index contributed by atoms with van der Waals surface area (Å²) in [6.45, 7) is 8.64. The Morgan fingerprint density at radius 3 is 2.45 bits per heavy atom. The van der Waals surface area contributed by atoms with Gasteiger partial charge in [0.05, 0.1) is 6.04 Å². The van der Waals surface area contributed by atoms with Gasteiger partial charge in [0.2, 0.25) is 5.91 Å². The van der Waals surface area contributed by atoms with Crippen molar-refractivity contribution in [1.82, 2.24) is 10.2 Å². The van der Waals surface area contributed by atoms with Gasteiger partial charge in [0.25, 0.3) is 0 Å². The summed E-state index contributed by atoms with van der Waals surface area (Å²) in [7, 11) is 0. The summed E-state index contributed by atoms with van der Waals surface area (Å²) in [4.78, 5) is 25.5. The van der Waals surface area contributed by atoms with E-state index in [1.165, 1.54) is 0 Å². The third-order valence-electron chi connectivity index (χ3n) is 4.40. The molecule has 2 N–H and O–H groups in total. The highest BCUT2D eigenvalue weighted by Crippen LogP contribution is 2.24. The fourth-order valence-electron chi connectivity index (χ4n) is 2.83. The number of carboxylic acid groups (broad SMARTS) is 1. The van der Waals surface area contributed by atoms with E-state index in [9.17, 15) is 14.7 Å². The number of likely N-dealkylation sites (tertiary alicyclic amines) is 1. The Morgan fingerprint density at radius 2 is 1.95 bits per heavy atom. The fourth-order valence-corrected chi connectivity index (χ4v) is 2.83. The normalized spacial score (nSPS) is 25.4. The first kappa shape index (κ1) is 17.0. The molecule has 0 bridgehead atoms. The first-order chi connectivity index (χ1) is 9.40. The van der Waals surface area contributed by atoms with Gasteiger partial charge >= 0.3 is 5.97 Å². The number of hydrogen-bond donors (Lipinski definition) is 2. The molecule has 0 aromatic heterocycles. The van der Waals surface area contributed by atoms with Crippen LogP contribution < -0.4 is 5.32 Å². The maximum absolute atomic E-state index is 12.3. The highest BCUT2D eigenvalue weighted by atomic mass is 16.4. The first-order valence-corrected chi connectivity index (χ1v) is 7.69. The summed E-state index contributed by atoms with van der Waals surface area (Å²) < 4.78 is 0. The van der Waals surface area contributed by atoms with Crippen molar-refractivity contribution in [2.24, 2.45) is 5.92 Å². The maximum Gasteiger partial charge on any atom is 0.320 e. The second-order valence-corrected chi connectivity index (χ2v) is 5.92. The number of rotatable bonds is 6. The average molecular weight is 284 g/mol. The lowest BCUT2D eigenvalue weighted by molar-refractivity contribution is -0.148. The molecular formula is C15H28N2O3. The van der Waals surface area contributed by atoms with Gasteiger partial charge in [-0.3, -0.25) is 14.5 Å². The molecule has 1 fully saturated rings. The second-order valence-electron chi connectivity index (χ2n) is 5.92. The zero-order valence-corrected chi connectivity index (χ0v) is 13.1. The van der Waals surface area contributed by atoms with E-state index in [-0.39, 0.29) is 18.0 Å². The highest BCUT2D eigenvalue weighted by molar-refractivity contribution is 5.83. The summed E-state index contributed by atoms with van der Waals surface area (Å²) in [5, 5.41) is 12.4. The Bertz CT molecular complexity index is 342. The molecule has 20 heavy (non-hydrogen) atoms. The van der Waals surface area contributed by atoms with Crippen LogP contribution in [0.5, 0.6) is 0 Å². The molecule has 1 amide bonds. The summed E-state index contributed by atoms with van der Waals surface area (Å²) in [5.74, 6) is -0.472. The van der Waals surface area contributed by atoms with Crippen LogP contribution in [0.1, 0.15) is 53.4 Å². The predicted molar refractivity (Wildman–Crippen MR) is 78.5 cm³/mol. The molecule has 116 valence electrons. The van der Waals surface area contributed by atoms with E-state index in [1.807, 2.05) is 25.7 Å². The number of piperidine rings is 1. The average Bonchev–Trinajstić information content (AvgIpc) is 2.43. The van der Waals surface area contributed by atoms with E-state index in [1.54, 1.807) is 0 Å². The van der Waals surface area contributed by atoms with Gasteiger partial charge in [-0.05, 0) is 38.5 Å². The van der Waals surface area contributed by atoms with Crippen molar-refractivity contribution < 1.29 is 14.7 Å². The van der Waals surface area contributed by atoms with Crippen molar-refractivity contribution in [2.75, 3.05) is 6.54 Å². The number of carboxylic acids is 1. The van der Waals surface area contributed by atoms with Crippen molar-refractivity contribution in [3.8, 4) is 0 Å². The molecule has 5 nitrogen and oxygen atoms in total. The predicted octanol–water partition coefficient (Wildman–Crippen LogP) is 1.86. The van der Waals surface area contributed by atoms with Crippen molar-refractivity contribution in [3.05, 3.63) is 0 Å². The molecule has 0 aliphatic carbocycles. The minimum atomic E-state index is -0.821. The Balaban J connectivity index is 2.70. The topological polar surface area (TPSA) is 69.6 Å². The van der Waals surface area contributed by atoms with Gasteiger partial charge in [-0.2, -0.15) is 0 Å². The smallest absolute Gasteiger partial charge is 0.320 e. The third kappa shape index (κ3) is 4.20. The van der Waals surface area contributed by atoms with Crippen LogP contribution in [0.4, 0.5) is 0 Å². The van der Waals surface area contributed by atoms with Crippen LogP contribution in [-0.4, -0.2) is 46.6 Å². The highest BCUT2D eigenvalue weighted by Gasteiger charge is 2.36. The molecule has 0 spiro atoms. The zero-order chi connectivity index (χ0) is 15.3. The summed E-state index contributed by atoms with van der Waals surface area (Å²) in [5.41, 5.74) is 0. The van der Waals surface area contributed by atoms with Crippen LogP contribution in [0.25, 0.3) is 0 Å². The van der Waals surface area contributed by atoms with E-state index in [2.05, 4.69) is 12.2 Å². The lowest BCUT2D eigenvalue weighted by Gasteiger charge is -2.39. The molecule has 1 heterocycles. The molecule has 1 saturated heterocycles. The van der Waals surface area contributed by atoms with Crippen LogP contribution in [0.3, 0.4) is 0 Å². The van der Waals surface area contributed by atoms with E-state index in [0.29, 0.717) is 18.9 Å². The quantitative estimate of drug-likeness (QED) is 0.781. The fraction of sp³-hybridized carbons (Fsp3) is 0.867. The van der Waals surface area contributed by atoms with Crippen LogP contribution in [0, 0.1) is 5.92 Å². The van der Waals surface area contributed by atoms with Crippen LogP contribution in [0.2, 0.25) is 0 Å². The van der Waals surface area contributed by atoms with Crippen LogP contribution in [-0.2, 0) is 9.59 Å². The Kier molecular flexibility index (Phi) is 6.46. The van der Waals surface area contributed by atoms with E-state index < -0.39 is 12.0 Å². The molecule has 1 aliphatic heterocycles. The van der Waals surface area contributed by atoms with Gasteiger partial charge in [-0.25, -0.2) is 0 Å². The molecule has 0 radical (unpaired) electrons. The molecular weight excluding hydrogens is 256 g/mol. The van der Waals surface area contributed by atoms with Crippen LogP contribution in [0.15, 0.2) is 0 Å². The molecule has 0 aromatic rings. The van der Waals surface area contributed by atoms with Crippen molar-refractivity contribution in [1.29, 1.82) is 0 Å². The molecule has 0 saturated carbocycles. The monoisotopic (exact) mass is 284 g/mol. The van der Waals surface area contributed by atoms with Crippen molar-refractivity contribution >= 4 is 11.9 Å². The Labute approximate surface area is 121 Å². The van der Waals surface area contributed by atoms with Crippen LogP contribution >= 0.6 is 0 Å². The molecule has 3 atom stereocenters. The number of carbonyl (C=O) groups is 2. The Morgan fingerprint density at radius 1 is 1.35 bits per heavy atom. The molecule has 3 unspecified atom stereocenters. The van der Waals surface area contributed by atoms with Crippen molar-refractivity contribution in [3.63, 3.8) is 0 Å². The van der Waals surface area contributed by atoms with Gasteiger partial charge in [-0.15, -0.1) is 0 Å². The van der Waals surface area contributed by atoms with Gasteiger partial charge < -0.3 is 10.4 Å². The van der Waals surface area contributed by atoms with Gasteiger partial charge in [0.1, 0.15) is 6.04 Å². The number of aliphatic carboxylic acids is 1. The molecule has 1 rings (SSSR count). The lowest BCUT2D eigenvalue weighted by Crippen LogP contribution is -2.56. The first-order valence-electron chi connectivity index (χ1n) is 7.69. The third-order valence-corrected chi connectivity index (χ3v) is 4.40. The Hall–Kier alpha value is -1.10. The van der Waals surface area contributed by atoms with E-state index in [0.717, 1.165) is 19.3 Å². The molecule has 1 aliphatic rings. The van der Waals surface area contributed by atoms with Gasteiger partial charge in [-0.1, -0.05) is 20.8 Å². The largest absolute Gasteiger partial charge is 0.480 e. The zero-order valence-electron chi connectivity index (χ0n) is 13.1. The summed E-state index contributed by atoms with van der Waals surface area (Å²) >= 11 is 0. The number of hydrogen-bond acceptors (Lipinski definition) is 3. The number of nitrogens with zero attached hydrogens (tertiary/aromatic N) is 1. The number of amides is 1. The SMILES string of the molecule is CCC(CC)NC(=O)C(C)N1CCC(C)CC1C(=O)O. The number of carbonyl (C=O) groups excluding carboxylic acids is 1. The lowest BCUT2D eigenvalue weighted by atomic mass is 9.91. The standard InChI is InChI=1S/C15H28N2O3/c1-5-12(6-2)16-14(18)11(4)17-8-7-10(3)9-13(17)15(19)20/h10-13H,5-9H2,1-4H3,(H,16,18)(H,19,20). The summed E-state index contributed by atoms with van der Waals surface area (Å²) in [6, 6.07) is -0.748. The van der Waals surface area contributed by atoms with E-state index >= 15 is 0 Å². The van der Waals surface area contributed by atoms with E-state index in [4.69, 9.17) is 0 Å². The molecule has 0 aromatic carbocycles. The second kappa shape index (κ2) is 7.62. The minimum Gasteiger partial charge on any atom is -0.480 e. The van der Waals surface area contributed by atoms with Crippen molar-refractivity contribution in [2.45, 2.75) is 71.5 Å².